The highest BCUT2D eigenvalue weighted by atomic mass is 14.6. The van der Waals surface area contributed by atoms with Crippen LogP contribution < -0.4 is 0 Å². The minimum Gasteiger partial charge on any atom is -0.265 e. The highest BCUT2D eigenvalue weighted by molar-refractivity contribution is 5.56. The standard InChI is InChI=1S/C12H11N/c1-2-4-11(5-3-1)10-12-6-8-13-9-7-12/h1-4,6-10H,5H2. The SMILES string of the molecule is C1=CCC(=Cc2ccncc2)C=C1. The van der Waals surface area contributed by atoms with E-state index in [0.717, 1.165) is 6.42 Å². The third-order valence-electron chi connectivity index (χ3n) is 1.97. The molecular formula is C12H11N. The maximum atomic E-state index is 3.98. The van der Waals surface area contributed by atoms with Gasteiger partial charge in [0.15, 0.2) is 0 Å². The van der Waals surface area contributed by atoms with E-state index >= 15 is 0 Å². The van der Waals surface area contributed by atoms with Crippen LogP contribution in [0.4, 0.5) is 0 Å². The summed E-state index contributed by atoms with van der Waals surface area (Å²) in [6, 6.07) is 4.03. The van der Waals surface area contributed by atoms with Gasteiger partial charge in [-0.1, -0.05) is 30.4 Å². The van der Waals surface area contributed by atoms with Gasteiger partial charge in [0, 0.05) is 12.4 Å². The second kappa shape index (κ2) is 3.85. The van der Waals surface area contributed by atoms with Crippen LogP contribution in [0.3, 0.4) is 0 Å². The lowest BCUT2D eigenvalue weighted by Crippen LogP contribution is -1.81. The summed E-state index contributed by atoms with van der Waals surface area (Å²) in [4.78, 5) is 3.98. The van der Waals surface area contributed by atoms with Gasteiger partial charge >= 0.3 is 0 Å². The van der Waals surface area contributed by atoms with Gasteiger partial charge < -0.3 is 0 Å². The number of allylic oxidation sites excluding steroid dienone is 5. The van der Waals surface area contributed by atoms with Gasteiger partial charge in [-0.15, -0.1) is 0 Å². The molecule has 2 rings (SSSR count). The molecule has 0 spiro atoms. The molecule has 0 N–H and O–H groups in total. The average molecular weight is 169 g/mol. The molecule has 1 heteroatoms. The van der Waals surface area contributed by atoms with Crippen LogP contribution in [-0.2, 0) is 0 Å². The van der Waals surface area contributed by atoms with Gasteiger partial charge in [-0.25, -0.2) is 0 Å². The number of nitrogens with zero attached hydrogens (tertiary/aromatic N) is 1. The molecule has 0 aliphatic heterocycles. The smallest absolute Gasteiger partial charge is 0.0273 e. The largest absolute Gasteiger partial charge is 0.265 e. The molecular weight excluding hydrogens is 158 g/mol. The molecule has 0 bridgehead atoms. The number of rotatable bonds is 1. The molecule has 0 aromatic carbocycles. The minimum atomic E-state index is 1.03. The normalized spacial score (nSPS) is 18.0. The lowest BCUT2D eigenvalue weighted by atomic mass is 10.1. The number of hydrogen-bond acceptors (Lipinski definition) is 1. The van der Waals surface area contributed by atoms with Crippen LogP contribution >= 0.6 is 0 Å². The molecule has 0 saturated heterocycles. The van der Waals surface area contributed by atoms with Crippen molar-refractivity contribution in [2.45, 2.75) is 6.42 Å². The van der Waals surface area contributed by atoms with Crippen LogP contribution in [0.2, 0.25) is 0 Å². The van der Waals surface area contributed by atoms with Crippen molar-refractivity contribution in [3.63, 3.8) is 0 Å². The molecule has 1 aromatic rings. The Morgan fingerprint density at radius 2 is 2.00 bits per heavy atom. The Hall–Kier alpha value is -1.63. The molecule has 0 amide bonds. The average Bonchev–Trinajstić information content (AvgIpc) is 2.21. The predicted octanol–water partition coefficient (Wildman–Crippen LogP) is 2.98. The van der Waals surface area contributed by atoms with Gasteiger partial charge in [-0.05, 0) is 29.7 Å². The molecule has 64 valence electrons. The van der Waals surface area contributed by atoms with Crippen LogP contribution in [0.15, 0.2) is 54.4 Å². The van der Waals surface area contributed by atoms with Gasteiger partial charge in [0.1, 0.15) is 0 Å². The quantitative estimate of drug-likeness (QED) is 0.629. The molecule has 0 radical (unpaired) electrons. The van der Waals surface area contributed by atoms with Crippen LogP contribution in [0.5, 0.6) is 0 Å². The van der Waals surface area contributed by atoms with E-state index in [1.54, 1.807) is 0 Å². The van der Waals surface area contributed by atoms with E-state index in [1.807, 2.05) is 24.5 Å². The van der Waals surface area contributed by atoms with Crippen LogP contribution in [0.25, 0.3) is 6.08 Å². The molecule has 1 nitrogen and oxygen atoms in total. The van der Waals surface area contributed by atoms with Crippen molar-refractivity contribution in [3.8, 4) is 0 Å². The molecule has 13 heavy (non-hydrogen) atoms. The van der Waals surface area contributed by atoms with Crippen LogP contribution in [0.1, 0.15) is 12.0 Å². The fraction of sp³-hybridized carbons (Fsp3) is 0.0833. The van der Waals surface area contributed by atoms with E-state index in [2.05, 4.69) is 35.4 Å². The zero-order chi connectivity index (χ0) is 8.93. The predicted molar refractivity (Wildman–Crippen MR) is 55.1 cm³/mol. The first kappa shape index (κ1) is 7.99. The van der Waals surface area contributed by atoms with Crippen molar-refractivity contribution >= 4 is 6.08 Å². The Balaban J connectivity index is 2.21. The van der Waals surface area contributed by atoms with E-state index in [9.17, 15) is 0 Å². The monoisotopic (exact) mass is 169 g/mol. The number of aromatic nitrogens is 1. The van der Waals surface area contributed by atoms with Crippen molar-refractivity contribution in [2.24, 2.45) is 0 Å². The van der Waals surface area contributed by atoms with E-state index in [1.165, 1.54) is 11.1 Å². The summed E-state index contributed by atoms with van der Waals surface area (Å²) in [5, 5.41) is 0. The highest BCUT2D eigenvalue weighted by Gasteiger charge is 1.93. The van der Waals surface area contributed by atoms with Crippen molar-refractivity contribution in [1.82, 2.24) is 4.98 Å². The van der Waals surface area contributed by atoms with Crippen molar-refractivity contribution in [2.75, 3.05) is 0 Å². The molecule has 0 fully saturated rings. The van der Waals surface area contributed by atoms with Gasteiger partial charge in [0.05, 0.1) is 0 Å². The topological polar surface area (TPSA) is 12.9 Å². The minimum absolute atomic E-state index is 1.03. The summed E-state index contributed by atoms with van der Waals surface area (Å²) in [6.07, 6.45) is 15.3. The first-order chi connectivity index (χ1) is 6.45. The second-order valence-corrected chi connectivity index (χ2v) is 2.99. The summed E-state index contributed by atoms with van der Waals surface area (Å²) >= 11 is 0. The molecule has 1 aliphatic carbocycles. The maximum Gasteiger partial charge on any atom is 0.0273 e. The number of pyridine rings is 1. The summed E-state index contributed by atoms with van der Waals surface area (Å²) in [6.45, 7) is 0. The summed E-state index contributed by atoms with van der Waals surface area (Å²) in [5.41, 5.74) is 2.55. The second-order valence-electron chi connectivity index (χ2n) is 2.99. The Bertz CT molecular complexity index is 358. The fourth-order valence-electron chi connectivity index (χ4n) is 1.31. The highest BCUT2D eigenvalue weighted by Crippen LogP contribution is 2.14. The fourth-order valence-corrected chi connectivity index (χ4v) is 1.31. The molecule has 0 atom stereocenters. The zero-order valence-electron chi connectivity index (χ0n) is 7.35. The molecule has 1 aromatic heterocycles. The summed E-state index contributed by atoms with van der Waals surface area (Å²) in [7, 11) is 0. The molecule has 1 heterocycles. The van der Waals surface area contributed by atoms with E-state index in [4.69, 9.17) is 0 Å². The lowest BCUT2D eigenvalue weighted by Gasteiger charge is -2.01. The van der Waals surface area contributed by atoms with Gasteiger partial charge in [-0.2, -0.15) is 0 Å². The first-order valence-corrected chi connectivity index (χ1v) is 4.39. The Morgan fingerprint density at radius 1 is 1.15 bits per heavy atom. The molecule has 1 aliphatic rings. The summed E-state index contributed by atoms with van der Waals surface area (Å²) < 4.78 is 0. The van der Waals surface area contributed by atoms with Crippen LogP contribution in [0, 0.1) is 0 Å². The van der Waals surface area contributed by atoms with Crippen molar-refractivity contribution in [1.29, 1.82) is 0 Å². The van der Waals surface area contributed by atoms with Crippen LogP contribution in [-0.4, -0.2) is 4.98 Å². The van der Waals surface area contributed by atoms with Crippen molar-refractivity contribution < 1.29 is 0 Å². The summed E-state index contributed by atoms with van der Waals surface area (Å²) in [5.74, 6) is 0. The Labute approximate surface area is 78.1 Å². The van der Waals surface area contributed by atoms with Crippen molar-refractivity contribution in [3.05, 3.63) is 60.0 Å². The lowest BCUT2D eigenvalue weighted by molar-refractivity contribution is 1.27. The van der Waals surface area contributed by atoms with Gasteiger partial charge in [-0.3, -0.25) is 4.98 Å². The van der Waals surface area contributed by atoms with Gasteiger partial charge in [0.2, 0.25) is 0 Å². The zero-order valence-corrected chi connectivity index (χ0v) is 7.35. The number of hydrogen-bond donors (Lipinski definition) is 0. The van der Waals surface area contributed by atoms with E-state index < -0.39 is 0 Å². The Morgan fingerprint density at radius 3 is 2.69 bits per heavy atom. The third-order valence-corrected chi connectivity index (χ3v) is 1.97. The van der Waals surface area contributed by atoms with E-state index in [0.29, 0.717) is 0 Å². The Kier molecular flexibility index (Phi) is 2.37. The van der Waals surface area contributed by atoms with Gasteiger partial charge in [0.25, 0.3) is 0 Å². The first-order valence-electron chi connectivity index (χ1n) is 4.39. The molecule has 0 unspecified atom stereocenters. The van der Waals surface area contributed by atoms with E-state index in [-0.39, 0.29) is 0 Å². The molecule has 0 saturated carbocycles. The maximum absolute atomic E-state index is 3.98. The third kappa shape index (κ3) is 2.15.